The van der Waals surface area contributed by atoms with E-state index in [1.807, 2.05) is 12.1 Å². The lowest BCUT2D eigenvalue weighted by atomic mass is 9.99. The van der Waals surface area contributed by atoms with Crippen molar-refractivity contribution in [2.75, 3.05) is 0 Å². The van der Waals surface area contributed by atoms with Crippen LogP contribution < -0.4 is 0 Å². The number of para-hydroxylation sites is 3. The number of hydrogen-bond acceptors (Lipinski definition) is 2. The first kappa shape index (κ1) is 19.1. The van der Waals surface area contributed by atoms with Gasteiger partial charge in [-0.2, -0.15) is 5.26 Å². The van der Waals surface area contributed by atoms with Gasteiger partial charge < -0.3 is 4.57 Å². The first-order valence-electron chi connectivity index (χ1n) is 11.3. The Hall–Kier alpha value is -4.39. The molecule has 158 valence electrons. The van der Waals surface area contributed by atoms with Crippen LogP contribution in [-0.4, -0.2) is 4.57 Å². The number of hydrogen-bond donors (Lipinski definition) is 0. The Morgan fingerprint density at radius 1 is 0.618 bits per heavy atom. The normalized spacial score (nSPS) is 11.5. The molecule has 0 N–H and O–H groups in total. The third kappa shape index (κ3) is 2.67. The summed E-state index contributed by atoms with van der Waals surface area (Å²) in [7, 11) is 0. The van der Waals surface area contributed by atoms with Gasteiger partial charge in [0.05, 0.1) is 28.4 Å². The zero-order valence-electron chi connectivity index (χ0n) is 18.2. The number of aromatic nitrogens is 1. The van der Waals surface area contributed by atoms with Crippen molar-refractivity contribution >= 4 is 53.3 Å². The Morgan fingerprint density at radius 2 is 1.32 bits per heavy atom. The molecule has 2 heterocycles. The number of rotatable bonds is 2. The van der Waals surface area contributed by atoms with Crippen LogP contribution in [0, 0.1) is 11.3 Å². The summed E-state index contributed by atoms with van der Waals surface area (Å²) in [6, 6.07) is 40.8. The summed E-state index contributed by atoms with van der Waals surface area (Å²) in [5.74, 6) is 0. The van der Waals surface area contributed by atoms with Gasteiger partial charge in [-0.25, -0.2) is 0 Å². The van der Waals surface area contributed by atoms with E-state index in [0.717, 1.165) is 32.3 Å². The van der Waals surface area contributed by atoms with Crippen molar-refractivity contribution < 1.29 is 0 Å². The minimum absolute atomic E-state index is 0.733. The number of nitriles is 1. The molecule has 0 spiro atoms. The fourth-order valence-electron chi connectivity index (χ4n) is 5.18. The molecule has 7 rings (SSSR count). The maximum absolute atomic E-state index is 9.72. The molecule has 2 aromatic heterocycles. The Labute approximate surface area is 200 Å². The predicted molar refractivity (Wildman–Crippen MR) is 144 cm³/mol. The number of fused-ring (bicyclic) bond motifs is 6. The quantitative estimate of drug-likeness (QED) is 0.259. The standard InChI is InChI=1S/C31H18N2S/c32-19-21-8-7-15-30-31(21)25-18-20(16-17-29(25)34-30)22-9-1-4-12-26(22)33-27-13-5-2-10-23(27)24-11-3-6-14-28(24)33/h1-18H. The Morgan fingerprint density at radius 3 is 2.09 bits per heavy atom. The molecule has 0 radical (unpaired) electrons. The molecule has 0 unspecified atom stereocenters. The molecular formula is C31H18N2S. The van der Waals surface area contributed by atoms with Gasteiger partial charge >= 0.3 is 0 Å². The minimum atomic E-state index is 0.733. The summed E-state index contributed by atoms with van der Waals surface area (Å²) >= 11 is 1.74. The minimum Gasteiger partial charge on any atom is -0.309 e. The van der Waals surface area contributed by atoms with Crippen LogP contribution in [0.1, 0.15) is 5.56 Å². The van der Waals surface area contributed by atoms with Crippen LogP contribution in [0.2, 0.25) is 0 Å². The summed E-state index contributed by atoms with van der Waals surface area (Å²) < 4.78 is 4.73. The van der Waals surface area contributed by atoms with Crippen molar-refractivity contribution in [1.82, 2.24) is 4.57 Å². The van der Waals surface area contributed by atoms with E-state index in [9.17, 15) is 5.26 Å². The molecule has 5 aromatic carbocycles. The van der Waals surface area contributed by atoms with Gasteiger partial charge in [0.15, 0.2) is 0 Å². The van der Waals surface area contributed by atoms with Gasteiger partial charge in [0.1, 0.15) is 0 Å². The number of benzene rings is 5. The van der Waals surface area contributed by atoms with Crippen molar-refractivity contribution in [3.8, 4) is 22.9 Å². The average Bonchev–Trinajstić information content (AvgIpc) is 3.44. The summed E-state index contributed by atoms with van der Waals surface area (Å²) in [6.45, 7) is 0. The highest BCUT2D eigenvalue weighted by Gasteiger charge is 2.16. The highest BCUT2D eigenvalue weighted by atomic mass is 32.1. The number of thiophene rings is 1. The molecule has 0 saturated heterocycles. The second-order valence-electron chi connectivity index (χ2n) is 8.49. The van der Waals surface area contributed by atoms with Gasteiger partial charge in [0.25, 0.3) is 0 Å². The van der Waals surface area contributed by atoms with E-state index in [1.165, 1.54) is 32.1 Å². The average molecular weight is 451 g/mol. The predicted octanol–water partition coefficient (Wildman–Crippen LogP) is 8.69. The maximum Gasteiger partial charge on any atom is 0.0998 e. The smallest absolute Gasteiger partial charge is 0.0998 e. The lowest BCUT2D eigenvalue weighted by Crippen LogP contribution is -1.96. The second-order valence-corrected chi connectivity index (χ2v) is 9.57. The van der Waals surface area contributed by atoms with Gasteiger partial charge in [-0.3, -0.25) is 0 Å². The van der Waals surface area contributed by atoms with Gasteiger partial charge in [0, 0.05) is 36.5 Å². The van der Waals surface area contributed by atoms with Crippen LogP contribution in [0.25, 0.3) is 58.8 Å². The summed E-state index contributed by atoms with van der Waals surface area (Å²) in [4.78, 5) is 0. The molecule has 0 atom stereocenters. The van der Waals surface area contributed by atoms with E-state index in [0.29, 0.717) is 0 Å². The first-order valence-corrected chi connectivity index (χ1v) is 12.1. The Kier molecular flexibility index (Phi) is 4.11. The molecule has 0 saturated carbocycles. The van der Waals surface area contributed by atoms with Crippen LogP contribution in [0.5, 0.6) is 0 Å². The Balaban J connectivity index is 1.55. The van der Waals surface area contributed by atoms with Gasteiger partial charge in [-0.05, 0) is 48.0 Å². The van der Waals surface area contributed by atoms with E-state index in [2.05, 4.69) is 108 Å². The van der Waals surface area contributed by atoms with Crippen LogP contribution >= 0.6 is 11.3 Å². The summed E-state index contributed by atoms with van der Waals surface area (Å²) in [5.41, 5.74) is 6.60. The molecule has 0 fully saturated rings. The first-order chi connectivity index (χ1) is 16.8. The fourth-order valence-corrected chi connectivity index (χ4v) is 6.29. The molecular weight excluding hydrogens is 432 g/mol. The van der Waals surface area contributed by atoms with E-state index in [4.69, 9.17) is 0 Å². The van der Waals surface area contributed by atoms with Crippen LogP contribution in [0.4, 0.5) is 0 Å². The Bertz CT molecular complexity index is 1880. The lowest BCUT2D eigenvalue weighted by Gasteiger charge is -2.14. The molecule has 0 aliphatic heterocycles. The van der Waals surface area contributed by atoms with Gasteiger partial charge in [-0.15, -0.1) is 11.3 Å². The molecule has 34 heavy (non-hydrogen) atoms. The van der Waals surface area contributed by atoms with E-state index in [-0.39, 0.29) is 0 Å². The summed E-state index contributed by atoms with van der Waals surface area (Å²) in [6.07, 6.45) is 0. The third-order valence-electron chi connectivity index (χ3n) is 6.65. The van der Waals surface area contributed by atoms with E-state index >= 15 is 0 Å². The monoisotopic (exact) mass is 450 g/mol. The van der Waals surface area contributed by atoms with Gasteiger partial charge in [0.2, 0.25) is 0 Å². The molecule has 2 nitrogen and oxygen atoms in total. The van der Waals surface area contributed by atoms with Crippen molar-refractivity contribution in [3.63, 3.8) is 0 Å². The molecule has 3 heteroatoms. The SMILES string of the molecule is N#Cc1cccc2sc3ccc(-c4ccccc4-n4c5ccccc5c5ccccc54)cc3c12. The van der Waals surface area contributed by atoms with Crippen LogP contribution in [0.3, 0.4) is 0 Å². The molecule has 0 aliphatic carbocycles. The van der Waals surface area contributed by atoms with Crippen LogP contribution in [0.15, 0.2) is 109 Å². The molecule has 7 aromatic rings. The lowest BCUT2D eigenvalue weighted by molar-refractivity contribution is 1.18. The van der Waals surface area contributed by atoms with Crippen molar-refractivity contribution in [3.05, 3.63) is 115 Å². The van der Waals surface area contributed by atoms with E-state index < -0.39 is 0 Å². The molecule has 0 amide bonds. The summed E-state index contributed by atoms with van der Waals surface area (Å²) in [5, 5.41) is 14.4. The van der Waals surface area contributed by atoms with Crippen LogP contribution in [-0.2, 0) is 0 Å². The topological polar surface area (TPSA) is 28.7 Å². The van der Waals surface area contributed by atoms with E-state index in [1.54, 1.807) is 11.3 Å². The van der Waals surface area contributed by atoms with Crippen molar-refractivity contribution in [1.29, 1.82) is 5.26 Å². The molecule has 0 bridgehead atoms. The van der Waals surface area contributed by atoms with Gasteiger partial charge in [-0.1, -0.05) is 66.7 Å². The highest BCUT2D eigenvalue weighted by Crippen LogP contribution is 2.40. The fraction of sp³-hybridized carbons (Fsp3) is 0. The highest BCUT2D eigenvalue weighted by molar-refractivity contribution is 7.25. The zero-order valence-corrected chi connectivity index (χ0v) is 19.0. The zero-order chi connectivity index (χ0) is 22.6. The van der Waals surface area contributed by atoms with Crippen molar-refractivity contribution in [2.45, 2.75) is 0 Å². The largest absolute Gasteiger partial charge is 0.309 e. The van der Waals surface area contributed by atoms with Crippen molar-refractivity contribution in [2.24, 2.45) is 0 Å². The number of nitrogens with zero attached hydrogens (tertiary/aromatic N) is 2. The second kappa shape index (κ2) is 7.31. The molecule has 0 aliphatic rings. The maximum atomic E-state index is 9.72. The third-order valence-corrected chi connectivity index (χ3v) is 7.79.